The maximum absolute atomic E-state index is 12.9. The zero-order valence-corrected chi connectivity index (χ0v) is 19.1. The third kappa shape index (κ3) is 5.10. The largest absolute Gasteiger partial charge is 0.497 e. The molecule has 0 saturated carbocycles. The van der Waals surface area contributed by atoms with E-state index in [0.717, 1.165) is 11.3 Å². The van der Waals surface area contributed by atoms with E-state index in [1.165, 1.54) is 0 Å². The summed E-state index contributed by atoms with van der Waals surface area (Å²) in [6, 6.07) is 7.83. The van der Waals surface area contributed by atoms with Gasteiger partial charge in [0.05, 0.1) is 13.2 Å². The van der Waals surface area contributed by atoms with Crippen LogP contribution in [-0.4, -0.2) is 91.8 Å². The van der Waals surface area contributed by atoms with Gasteiger partial charge in [0.1, 0.15) is 11.4 Å². The molecule has 1 N–H and O–H groups in total. The molecule has 9 heteroatoms. The zero-order chi connectivity index (χ0) is 23.3. The van der Waals surface area contributed by atoms with Crippen LogP contribution < -0.4 is 4.74 Å². The second-order valence-electron chi connectivity index (χ2n) is 8.50. The summed E-state index contributed by atoms with van der Waals surface area (Å²) in [7, 11) is 6.75. The minimum atomic E-state index is -0.840. The van der Waals surface area contributed by atoms with Crippen molar-refractivity contribution in [3.05, 3.63) is 29.8 Å². The molecule has 0 aromatic heterocycles. The molecule has 1 aromatic rings. The van der Waals surface area contributed by atoms with Gasteiger partial charge in [0.15, 0.2) is 0 Å². The molecule has 172 valence electrons. The van der Waals surface area contributed by atoms with Gasteiger partial charge in [-0.15, -0.1) is 0 Å². The van der Waals surface area contributed by atoms with Crippen molar-refractivity contribution in [3.8, 4) is 5.75 Å². The molecular formula is C22H33N3O6. The summed E-state index contributed by atoms with van der Waals surface area (Å²) in [6.07, 6.45) is 0. The van der Waals surface area contributed by atoms with E-state index in [-0.39, 0.29) is 36.3 Å². The van der Waals surface area contributed by atoms with Crippen LogP contribution in [0.3, 0.4) is 0 Å². The van der Waals surface area contributed by atoms with Gasteiger partial charge in [0, 0.05) is 52.7 Å². The molecule has 0 unspecified atom stereocenters. The van der Waals surface area contributed by atoms with Crippen LogP contribution in [0.1, 0.15) is 25.5 Å². The summed E-state index contributed by atoms with van der Waals surface area (Å²) in [5.41, 5.74) is 0.233. The lowest BCUT2D eigenvalue weighted by Crippen LogP contribution is -2.47. The van der Waals surface area contributed by atoms with E-state index in [4.69, 9.17) is 19.4 Å². The molecule has 0 spiro atoms. The Hall–Kier alpha value is -2.81. The van der Waals surface area contributed by atoms with Gasteiger partial charge in [0.2, 0.25) is 0 Å². The van der Waals surface area contributed by atoms with Crippen molar-refractivity contribution in [2.24, 2.45) is 11.8 Å². The molecule has 2 fully saturated rings. The lowest BCUT2D eigenvalue weighted by Gasteiger charge is -2.33. The molecular weight excluding hydrogens is 402 g/mol. The van der Waals surface area contributed by atoms with E-state index in [2.05, 4.69) is 0 Å². The number of fused-ring (bicyclic) bond motifs is 1. The first kappa shape index (κ1) is 24.5. The predicted octanol–water partition coefficient (Wildman–Crippen LogP) is 1.93. The van der Waals surface area contributed by atoms with Crippen molar-refractivity contribution >= 4 is 18.4 Å². The average Bonchev–Trinajstić information content (AvgIpc) is 3.31. The van der Waals surface area contributed by atoms with Crippen molar-refractivity contribution < 1.29 is 29.0 Å². The van der Waals surface area contributed by atoms with Crippen molar-refractivity contribution in [2.45, 2.75) is 25.5 Å². The fraction of sp³-hybridized carbons (Fsp3) is 0.591. The number of amides is 3. The lowest BCUT2D eigenvalue weighted by molar-refractivity contribution is -0.150. The number of rotatable bonds is 4. The van der Waals surface area contributed by atoms with Crippen molar-refractivity contribution in [2.75, 3.05) is 47.9 Å². The molecule has 0 bridgehead atoms. The molecule has 3 amide bonds. The lowest BCUT2D eigenvalue weighted by atomic mass is 9.89. The summed E-state index contributed by atoms with van der Waals surface area (Å²) in [5.74, 6) is 1.25. The number of hydrogen-bond acceptors (Lipinski definition) is 5. The van der Waals surface area contributed by atoms with E-state index < -0.39 is 5.60 Å². The van der Waals surface area contributed by atoms with Crippen LogP contribution >= 0.6 is 0 Å². The van der Waals surface area contributed by atoms with E-state index in [0.29, 0.717) is 19.6 Å². The fourth-order valence-corrected chi connectivity index (χ4v) is 4.36. The molecule has 3 atom stereocenters. The van der Waals surface area contributed by atoms with Gasteiger partial charge < -0.3 is 29.3 Å². The number of benzene rings is 1. The first-order valence-electron chi connectivity index (χ1n) is 10.2. The molecule has 3 rings (SSSR count). The van der Waals surface area contributed by atoms with Crippen LogP contribution in [0.4, 0.5) is 4.79 Å². The van der Waals surface area contributed by atoms with Crippen molar-refractivity contribution in [3.63, 3.8) is 0 Å². The number of likely N-dealkylation sites (tertiary alicyclic amines) is 2. The molecule has 2 heterocycles. The molecule has 9 nitrogen and oxygen atoms in total. The first-order chi connectivity index (χ1) is 14.6. The predicted molar refractivity (Wildman–Crippen MR) is 115 cm³/mol. The van der Waals surface area contributed by atoms with Gasteiger partial charge in [-0.1, -0.05) is 12.1 Å². The second kappa shape index (κ2) is 10.00. The minimum absolute atomic E-state index is 0.00312. The first-order valence-corrected chi connectivity index (χ1v) is 10.2. The van der Waals surface area contributed by atoms with Gasteiger partial charge >= 0.3 is 6.03 Å². The van der Waals surface area contributed by atoms with Crippen LogP contribution in [-0.2, 0) is 14.3 Å². The number of nitrogens with zero attached hydrogens (tertiary/aromatic N) is 3. The minimum Gasteiger partial charge on any atom is -0.497 e. The standard InChI is InChI=1S/C21H31N3O4.CH2O2/c1-21(2,28-6)19(25)23-11-15-12-24(20(26)22(3)4)18(17(15)13-23)14-7-9-16(27-5)10-8-14;2-1-3/h7-10,15,17-18H,11-13H2,1-6H3;1H,(H,2,3)/t15-,17-,18+;/m1./s1. The van der Waals surface area contributed by atoms with Crippen LogP contribution in [0.5, 0.6) is 5.75 Å². The molecule has 2 aliphatic rings. The van der Waals surface area contributed by atoms with Gasteiger partial charge in [-0.05, 0) is 31.5 Å². The van der Waals surface area contributed by atoms with E-state index >= 15 is 0 Å². The van der Waals surface area contributed by atoms with Crippen molar-refractivity contribution in [1.29, 1.82) is 0 Å². The number of urea groups is 1. The highest BCUT2D eigenvalue weighted by atomic mass is 16.5. The number of ether oxygens (including phenoxy) is 2. The number of carbonyl (C=O) groups is 3. The molecule has 2 aliphatic heterocycles. The Balaban J connectivity index is 0.00000107. The molecule has 1 aromatic carbocycles. The van der Waals surface area contributed by atoms with Crippen LogP contribution in [0.25, 0.3) is 0 Å². The fourth-order valence-electron chi connectivity index (χ4n) is 4.36. The van der Waals surface area contributed by atoms with E-state index in [9.17, 15) is 9.59 Å². The normalized spacial score (nSPS) is 22.3. The summed E-state index contributed by atoms with van der Waals surface area (Å²) >= 11 is 0. The zero-order valence-electron chi connectivity index (χ0n) is 19.1. The number of carboxylic acid groups (broad SMARTS) is 1. The number of hydrogen-bond donors (Lipinski definition) is 1. The van der Waals surface area contributed by atoms with E-state index in [1.807, 2.05) is 34.1 Å². The Bertz CT molecular complexity index is 780. The number of methoxy groups -OCH3 is 2. The van der Waals surface area contributed by atoms with Crippen LogP contribution in [0, 0.1) is 11.8 Å². The summed E-state index contributed by atoms with van der Waals surface area (Å²) in [4.78, 5) is 39.5. The quantitative estimate of drug-likeness (QED) is 0.726. The third-order valence-corrected chi connectivity index (χ3v) is 6.06. The third-order valence-electron chi connectivity index (χ3n) is 6.06. The van der Waals surface area contributed by atoms with Gasteiger partial charge in [-0.3, -0.25) is 9.59 Å². The van der Waals surface area contributed by atoms with E-state index in [1.54, 1.807) is 47.1 Å². The molecule has 0 radical (unpaired) electrons. The van der Waals surface area contributed by atoms with Gasteiger partial charge in [-0.25, -0.2) is 4.79 Å². The Morgan fingerprint density at radius 3 is 2.19 bits per heavy atom. The Morgan fingerprint density at radius 1 is 1.13 bits per heavy atom. The Kier molecular flexibility index (Phi) is 7.89. The maximum Gasteiger partial charge on any atom is 0.320 e. The summed E-state index contributed by atoms with van der Waals surface area (Å²) < 4.78 is 10.7. The highest BCUT2D eigenvalue weighted by Gasteiger charge is 2.51. The maximum atomic E-state index is 12.9. The summed E-state index contributed by atoms with van der Waals surface area (Å²) in [6.45, 7) is 5.28. The molecule has 0 aliphatic carbocycles. The Morgan fingerprint density at radius 2 is 1.71 bits per heavy atom. The average molecular weight is 436 g/mol. The van der Waals surface area contributed by atoms with Crippen LogP contribution in [0.15, 0.2) is 24.3 Å². The highest BCUT2D eigenvalue weighted by Crippen LogP contribution is 2.46. The van der Waals surface area contributed by atoms with Crippen molar-refractivity contribution in [1.82, 2.24) is 14.7 Å². The molecule has 2 saturated heterocycles. The SMILES string of the molecule is COc1ccc([C@H]2[C@@H]3CN(C(=O)C(C)(C)OC)C[C@@H]3CN2C(=O)N(C)C)cc1.O=CO. The number of carbonyl (C=O) groups excluding carboxylic acids is 2. The topological polar surface area (TPSA) is 99.6 Å². The summed E-state index contributed by atoms with van der Waals surface area (Å²) in [5, 5.41) is 6.89. The van der Waals surface area contributed by atoms with Crippen LogP contribution in [0.2, 0.25) is 0 Å². The highest BCUT2D eigenvalue weighted by molar-refractivity contribution is 5.85. The van der Waals surface area contributed by atoms with Gasteiger partial charge in [-0.2, -0.15) is 0 Å². The smallest absolute Gasteiger partial charge is 0.320 e. The monoisotopic (exact) mass is 435 g/mol. The molecule has 31 heavy (non-hydrogen) atoms. The van der Waals surface area contributed by atoms with Gasteiger partial charge in [0.25, 0.3) is 12.4 Å². The second-order valence-corrected chi connectivity index (χ2v) is 8.50. The Labute approximate surface area is 183 Å².